The van der Waals surface area contributed by atoms with E-state index >= 15 is 0 Å². The first-order valence-corrected chi connectivity index (χ1v) is 8.56. The molecule has 0 saturated heterocycles. The van der Waals surface area contributed by atoms with E-state index in [2.05, 4.69) is 5.32 Å². The summed E-state index contributed by atoms with van der Waals surface area (Å²) in [5.41, 5.74) is 7.10. The lowest BCUT2D eigenvalue weighted by atomic mass is 10.1. The number of benzene rings is 1. The monoisotopic (exact) mass is 346 g/mol. The van der Waals surface area contributed by atoms with E-state index in [1.807, 2.05) is 19.9 Å². The third kappa shape index (κ3) is 4.36. The third-order valence-corrected chi connectivity index (χ3v) is 4.29. The molecule has 0 saturated carbocycles. The molecule has 2 atom stereocenters. The topological polar surface area (TPSA) is 95.7 Å². The zero-order chi connectivity index (χ0) is 18.6. The van der Waals surface area contributed by atoms with Gasteiger partial charge in [-0.25, -0.2) is 0 Å². The maximum absolute atomic E-state index is 12.9. The molecule has 3 N–H and O–H groups in total. The summed E-state index contributed by atoms with van der Waals surface area (Å²) in [5, 5.41) is 2.82. The number of para-hydroxylation sites is 2. The lowest BCUT2D eigenvalue weighted by Crippen LogP contribution is -2.49. The quantitative estimate of drug-likeness (QED) is 0.841. The van der Waals surface area contributed by atoms with Crippen molar-refractivity contribution in [2.45, 2.75) is 45.2 Å². The molecule has 2 rings (SSSR count). The number of nitrogens with two attached hydrogens (primary N) is 1. The van der Waals surface area contributed by atoms with Gasteiger partial charge in [-0.05, 0) is 25.5 Å². The molecule has 1 aliphatic rings. The zero-order valence-corrected chi connectivity index (χ0v) is 15.0. The summed E-state index contributed by atoms with van der Waals surface area (Å²) < 4.78 is 0. The lowest BCUT2D eigenvalue weighted by molar-refractivity contribution is -0.135. The van der Waals surface area contributed by atoms with E-state index < -0.39 is 6.04 Å². The van der Waals surface area contributed by atoms with Crippen molar-refractivity contribution in [1.82, 2.24) is 4.90 Å². The smallest absolute Gasteiger partial charge is 0.246 e. The molecule has 1 aromatic carbocycles. The Kier molecular flexibility index (Phi) is 6.14. The second-order valence-corrected chi connectivity index (χ2v) is 6.47. The normalized spacial score (nSPS) is 18.0. The average molecular weight is 346 g/mol. The summed E-state index contributed by atoms with van der Waals surface area (Å²) in [7, 11) is 1.58. The standard InChI is InChI=1S/C18H26N4O3/c1-4-7-13(19)18(25)21(3)11-17(24)22-12(2)10-16(23)20-14-8-5-6-9-15(14)22/h5-6,8-9,12-13H,4,7,10-11,19H2,1-3H3,(H,20,23). The van der Waals surface area contributed by atoms with Gasteiger partial charge >= 0.3 is 0 Å². The number of fused-ring (bicyclic) bond motifs is 1. The summed E-state index contributed by atoms with van der Waals surface area (Å²) in [5.74, 6) is -0.624. The number of hydrogen-bond donors (Lipinski definition) is 2. The molecule has 7 nitrogen and oxygen atoms in total. The first-order chi connectivity index (χ1) is 11.8. The Balaban J connectivity index is 2.20. The predicted molar refractivity (Wildman–Crippen MR) is 97.2 cm³/mol. The van der Waals surface area contributed by atoms with Gasteiger partial charge in [-0.15, -0.1) is 0 Å². The zero-order valence-electron chi connectivity index (χ0n) is 15.0. The van der Waals surface area contributed by atoms with Crippen LogP contribution < -0.4 is 16.0 Å². The maximum Gasteiger partial charge on any atom is 0.246 e. The van der Waals surface area contributed by atoms with Gasteiger partial charge in [0.1, 0.15) is 0 Å². The molecular formula is C18H26N4O3. The number of anilines is 2. The molecule has 0 fully saturated rings. The molecule has 7 heteroatoms. The second-order valence-electron chi connectivity index (χ2n) is 6.47. The molecule has 0 spiro atoms. The van der Waals surface area contributed by atoms with Crippen molar-refractivity contribution in [3.05, 3.63) is 24.3 Å². The number of likely N-dealkylation sites (N-methyl/N-ethyl adjacent to an activating group) is 1. The van der Waals surface area contributed by atoms with Crippen LogP contribution in [0.15, 0.2) is 24.3 Å². The van der Waals surface area contributed by atoms with Crippen LogP contribution in [0.3, 0.4) is 0 Å². The van der Waals surface area contributed by atoms with Crippen LogP contribution in [0, 0.1) is 0 Å². The summed E-state index contributed by atoms with van der Waals surface area (Å²) in [6.07, 6.45) is 1.59. The Morgan fingerprint density at radius 2 is 2.08 bits per heavy atom. The number of amides is 3. The highest BCUT2D eigenvalue weighted by atomic mass is 16.2. The summed E-state index contributed by atoms with van der Waals surface area (Å²) in [6.45, 7) is 3.70. The largest absolute Gasteiger partial charge is 0.335 e. The molecule has 1 aliphatic heterocycles. The van der Waals surface area contributed by atoms with Crippen molar-refractivity contribution in [2.75, 3.05) is 23.8 Å². The fourth-order valence-electron chi connectivity index (χ4n) is 3.04. The van der Waals surface area contributed by atoms with E-state index in [9.17, 15) is 14.4 Å². The minimum absolute atomic E-state index is 0.0802. The van der Waals surface area contributed by atoms with E-state index in [1.54, 1.807) is 30.1 Å². The molecule has 25 heavy (non-hydrogen) atoms. The molecule has 0 radical (unpaired) electrons. The molecule has 136 valence electrons. The minimum Gasteiger partial charge on any atom is -0.335 e. The highest BCUT2D eigenvalue weighted by molar-refractivity contribution is 6.05. The SMILES string of the molecule is CCCC(N)C(=O)N(C)CC(=O)N1c2ccccc2NC(=O)CC1C. The second kappa shape index (κ2) is 8.11. The first-order valence-electron chi connectivity index (χ1n) is 8.56. The van der Waals surface area contributed by atoms with E-state index in [-0.39, 0.29) is 36.7 Å². The number of nitrogens with one attached hydrogen (secondary N) is 1. The van der Waals surface area contributed by atoms with E-state index in [4.69, 9.17) is 5.73 Å². The van der Waals surface area contributed by atoms with Crippen LogP contribution in [0.1, 0.15) is 33.1 Å². The number of rotatable bonds is 5. The van der Waals surface area contributed by atoms with Crippen LogP contribution in [0.25, 0.3) is 0 Å². The molecule has 2 unspecified atom stereocenters. The van der Waals surface area contributed by atoms with Crippen molar-refractivity contribution in [2.24, 2.45) is 5.73 Å². The molecule has 0 aromatic heterocycles. The van der Waals surface area contributed by atoms with Gasteiger partial charge in [0, 0.05) is 19.5 Å². The van der Waals surface area contributed by atoms with E-state index in [0.29, 0.717) is 17.8 Å². The van der Waals surface area contributed by atoms with Gasteiger partial charge in [0.2, 0.25) is 17.7 Å². The van der Waals surface area contributed by atoms with Crippen LogP contribution in [0.2, 0.25) is 0 Å². The van der Waals surface area contributed by atoms with Crippen molar-refractivity contribution >= 4 is 29.1 Å². The molecule has 1 heterocycles. The van der Waals surface area contributed by atoms with Crippen molar-refractivity contribution in [3.8, 4) is 0 Å². The van der Waals surface area contributed by atoms with Crippen LogP contribution in [0.5, 0.6) is 0 Å². The van der Waals surface area contributed by atoms with Crippen LogP contribution in [-0.2, 0) is 14.4 Å². The van der Waals surface area contributed by atoms with E-state index in [0.717, 1.165) is 6.42 Å². The summed E-state index contributed by atoms with van der Waals surface area (Å²) in [4.78, 5) is 40.1. The van der Waals surface area contributed by atoms with Crippen LogP contribution in [0.4, 0.5) is 11.4 Å². The van der Waals surface area contributed by atoms with Crippen LogP contribution in [-0.4, -0.2) is 48.3 Å². The summed E-state index contributed by atoms with van der Waals surface area (Å²) >= 11 is 0. The number of nitrogens with zero attached hydrogens (tertiary/aromatic N) is 2. The van der Waals surface area contributed by atoms with Gasteiger partial charge in [0.05, 0.1) is 24.0 Å². The third-order valence-electron chi connectivity index (χ3n) is 4.29. The Bertz CT molecular complexity index is 661. The van der Waals surface area contributed by atoms with Crippen molar-refractivity contribution < 1.29 is 14.4 Å². The van der Waals surface area contributed by atoms with Gasteiger partial charge in [0.15, 0.2) is 0 Å². The Hall–Kier alpha value is -2.41. The highest BCUT2D eigenvalue weighted by Gasteiger charge is 2.31. The van der Waals surface area contributed by atoms with Gasteiger partial charge in [0.25, 0.3) is 0 Å². The van der Waals surface area contributed by atoms with Crippen molar-refractivity contribution in [3.63, 3.8) is 0 Å². The Morgan fingerprint density at radius 1 is 1.40 bits per heavy atom. The molecule has 1 aromatic rings. The summed E-state index contributed by atoms with van der Waals surface area (Å²) in [6, 6.07) is 6.27. The fourth-order valence-corrected chi connectivity index (χ4v) is 3.04. The first kappa shape index (κ1) is 18.9. The number of hydrogen-bond acceptors (Lipinski definition) is 4. The van der Waals surface area contributed by atoms with Gasteiger partial charge in [-0.2, -0.15) is 0 Å². The minimum atomic E-state index is -0.597. The van der Waals surface area contributed by atoms with Gasteiger partial charge in [-0.3, -0.25) is 14.4 Å². The molecule has 0 bridgehead atoms. The highest BCUT2D eigenvalue weighted by Crippen LogP contribution is 2.31. The number of carbonyl (C=O) groups is 3. The molecular weight excluding hydrogens is 320 g/mol. The van der Waals surface area contributed by atoms with E-state index in [1.165, 1.54) is 4.90 Å². The molecule has 0 aliphatic carbocycles. The fraction of sp³-hybridized carbons (Fsp3) is 0.500. The molecule has 3 amide bonds. The Labute approximate surface area is 148 Å². The van der Waals surface area contributed by atoms with Crippen LogP contribution >= 0.6 is 0 Å². The lowest BCUT2D eigenvalue weighted by Gasteiger charge is -2.30. The average Bonchev–Trinajstić information content (AvgIpc) is 2.68. The number of carbonyl (C=O) groups excluding carboxylic acids is 3. The Morgan fingerprint density at radius 3 is 2.76 bits per heavy atom. The predicted octanol–water partition coefficient (Wildman–Crippen LogP) is 1.34. The maximum atomic E-state index is 12.9. The van der Waals surface area contributed by atoms with Gasteiger partial charge in [-0.1, -0.05) is 25.5 Å². The van der Waals surface area contributed by atoms with Gasteiger partial charge < -0.3 is 20.9 Å². The van der Waals surface area contributed by atoms with Crippen molar-refractivity contribution in [1.29, 1.82) is 0 Å².